The lowest BCUT2D eigenvalue weighted by molar-refractivity contribution is 0.136. The second-order valence-electron chi connectivity index (χ2n) is 5.27. The number of aromatic nitrogens is 1. The van der Waals surface area contributed by atoms with E-state index in [4.69, 9.17) is 0 Å². The van der Waals surface area contributed by atoms with E-state index in [0.29, 0.717) is 11.9 Å². The first-order valence-corrected chi connectivity index (χ1v) is 7.84. The molecule has 1 aromatic heterocycles. The number of rotatable bonds is 3. The molecule has 0 N–H and O–H groups in total. The summed E-state index contributed by atoms with van der Waals surface area (Å²) in [7, 11) is 0. The van der Waals surface area contributed by atoms with Crippen molar-refractivity contribution in [2.24, 2.45) is 5.41 Å². The molecule has 1 aromatic carbocycles. The summed E-state index contributed by atoms with van der Waals surface area (Å²) in [4.78, 5) is 24.4. The average molecular weight is 293 g/mol. The van der Waals surface area contributed by atoms with Crippen LogP contribution < -0.4 is 10.4 Å². The van der Waals surface area contributed by atoms with E-state index in [0.717, 1.165) is 34.6 Å². The summed E-state index contributed by atoms with van der Waals surface area (Å²) in [6, 6.07) is 7.30. The quantitative estimate of drug-likeness (QED) is 0.883. The number of fused-ring (bicyclic) bond motifs is 1. The lowest BCUT2D eigenvalue weighted by atomic mass is 9.70. The van der Waals surface area contributed by atoms with E-state index in [2.05, 4.69) is 12.6 Å². The molecule has 19 heavy (non-hydrogen) atoms. The Hall–Kier alpha value is -1.07. The van der Waals surface area contributed by atoms with Gasteiger partial charge in [-0.2, -0.15) is 12.6 Å². The van der Waals surface area contributed by atoms with Gasteiger partial charge in [-0.1, -0.05) is 29.9 Å². The number of thiol groups is 1. The third-order valence-corrected chi connectivity index (χ3v) is 5.67. The van der Waals surface area contributed by atoms with Crippen molar-refractivity contribution >= 4 is 34.1 Å². The van der Waals surface area contributed by atoms with Gasteiger partial charge < -0.3 is 0 Å². The molecule has 0 spiro atoms. The highest BCUT2D eigenvalue weighted by Gasteiger charge is 2.36. The Kier molecular flexibility index (Phi) is 3.27. The fourth-order valence-electron chi connectivity index (χ4n) is 2.62. The van der Waals surface area contributed by atoms with E-state index in [9.17, 15) is 9.59 Å². The zero-order chi connectivity index (χ0) is 13.5. The maximum atomic E-state index is 12.4. The molecular formula is C14H15NO2S2. The summed E-state index contributed by atoms with van der Waals surface area (Å²) in [6.45, 7) is 0.509. The molecule has 0 bridgehead atoms. The fourth-order valence-corrected chi connectivity index (χ4v) is 3.90. The van der Waals surface area contributed by atoms with Crippen LogP contribution in [-0.4, -0.2) is 10.3 Å². The van der Waals surface area contributed by atoms with Crippen molar-refractivity contribution in [3.63, 3.8) is 0 Å². The minimum Gasteiger partial charge on any atom is -0.269 e. The number of hydrogen-bond donors (Lipinski definition) is 1. The van der Waals surface area contributed by atoms with E-state index in [1.807, 2.05) is 18.2 Å². The van der Waals surface area contributed by atoms with Crippen LogP contribution in [0.15, 0.2) is 33.9 Å². The largest absolute Gasteiger partial charge is 0.310 e. The SMILES string of the molecule is O=c1sc2ccccc2c(=O)n1CC1(CS)CCC1. The highest BCUT2D eigenvalue weighted by atomic mass is 32.1. The standard InChI is InChI=1S/C14H15NO2S2/c16-12-10-4-1-2-5-11(10)19-13(17)15(12)8-14(9-18)6-3-7-14/h1-2,4-5,18H,3,6-9H2. The lowest BCUT2D eigenvalue weighted by Crippen LogP contribution is -2.43. The van der Waals surface area contributed by atoms with Gasteiger partial charge in [0.1, 0.15) is 0 Å². The van der Waals surface area contributed by atoms with Crippen LogP contribution in [0.2, 0.25) is 0 Å². The van der Waals surface area contributed by atoms with Crippen LogP contribution in [0.25, 0.3) is 10.1 Å². The first-order chi connectivity index (χ1) is 9.15. The molecule has 0 saturated heterocycles. The molecule has 1 heterocycles. The molecule has 5 heteroatoms. The zero-order valence-electron chi connectivity index (χ0n) is 10.5. The number of nitrogens with zero attached hydrogens (tertiary/aromatic N) is 1. The van der Waals surface area contributed by atoms with Crippen molar-refractivity contribution < 1.29 is 0 Å². The average Bonchev–Trinajstić information content (AvgIpc) is 2.37. The van der Waals surface area contributed by atoms with E-state index in [1.165, 1.54) is 11.0 Å². The molecule has 1 aliphatic rings. The van der Waals surface area contributed by atoms with Crippen molar-refractivity contribution in [3.05, 3.63) is 44.3 Å². The van der Waals surface area contributed by atoms with Crippen molar-refractivity contribution in [1.29, 1.82) is 0 Å². The van der Waals surface area contributed by atoms with Gasteiger partial charge in [-0.15, -0.1) is 0 Å². The first-order valence-electron chi connectivity index (χ1n) is 6.39. The Morgan fingerprint density at radius 3 is 2.63 bits per heavy atom. The summed E-state index contributed by atoms with van der Waals surface area (Å²) in [5, 5.41) is 0.640. The summed E-state index contributed by atoms with van der Waals surface area (Å²) >= 11 is 5.54. The van der Waals surface area contributed by atoms with Crippen LogP contribution in [-0.2, 0) is 6.54 Å². The highest BCUT2D eigenvalue weighted by Crippen LogP contribution is 2.42. The van der Waals surface area contributed by atoms with Crippen molar-refractivity contribution in [2.75, 3.05) is 5.75 Å². The molecule has 0 aliphatic heterocycles. The smallest absolute Gasteiger partial charge is 0.269 e. The predicted molar refractivity (Wildman–Crippen MR) is 82.5 cm³/mol. The molecule has 3 rings (SSSR count). The van der Waals surface area contributed by atoms with Crippen LogP contribution in [0.4, 0.5) is 0 Å². The van der Waals surface area contributed by atoms with Gasteiger partial charge in [-0.05, 0) is 36.1 Å². The Morgan fingerprint density at radius 1 is 1.26 bits per heavy atom. The van der Waals surface area contributed by atoms with Crippen LogP contribution in [0.1, 0.15) is 19.3 Å². The van der Waals surface area contributed by atoms with Crippen LogP contribution in [0.5, 0.6) is 0 Å². The van der Waals surface area contributed by atoms with Crippen molar-refractivity contribution in [3.8, 4) is 0 Å². The molecule has 0 atom stereocenters. The summed E-state index contributed by atoms with van der Waals surface area (Å²) in [5.74, 6) is 0.733. The normalized spacial score (nSPS) is 17.3. The molecule has 3 nitrogen and oxygen atoms in total. The van der Waals surface area contributed by atoms with Crippen LogP contribution in [0, 0.1) is 5.41 Å². The predicted octanol–water partition coefficient (Wildman–Crippen LogP) is 2.52. The molecule has 0 radical (unpaired) electrons. The maximum absolute atomic E-state index is 12.4. The Labute approximate surface area is 120 Å². The maximum Gasteiger partial charge on any atom is 0.310 e. The topological polar surface area (TPSA) is 39.1 Å². The third-order valence-electron chi connectivity index (χ3n) is 4.02. The van der Waals surface area contributed by atoms with Crippen LogP contribution >= 0.6 is 24.0 Å². The summed E-state index contributed by atoms with van der Waals surface area (Å²) < 4.78 is 2.17. The molecular weight excluding hydrogens is 278 g/mol. The fraction of sp³-hybridized carbons (Fsp3) is 0.429. The minimum atomic E-state index is -0.160. The summed E-state index contributed by atoms with van der Waals surface area (Å²) in [5.41, 5.74) is -0.117. The van der Waals surface area contributed by atoms with Gasteiger partial charge in [-0.3, -0.25) is 14.2 Å². The van der Waals surface area contributed by atoms with E-state index < -0.39 is 0 Å². The molecule has 1 aliphatic carbocycles. The van der Waals surface area contributed by atoms with E-state index >= 15 is 0 Å². The second kappa shape index (κ2) is 4.80. The van der Waals surface area contributed by atoms with Gasteiger partial charge in [0.25, 0.3) is 5.56 Å². The zero-order valence-corrected chi connectivity index (χ0v) is 12.2. The summed E-state index contributed by atoms with van der Waals surface area (Å²) in [6.07, 6.45) is 3.28. The number of hydrogen-bond acceptors (Lipinski definition) is 4. The van der Waals surface area contributed by atoms with Gasteiger partial charge in [0, 0.05) is 11.2 Å². The van der Waals surface area contributed by atoms with Gasteiger partial charge in [0.15, 0.2) is 0 Å². The Balaban J connectivity index is 2.14. The van der Waals surface area contributed by atoms with Crippen molar-refractivity contribution in [1.82, 2.24) is 4.57 Å². The van der Waals surface area contributed by atoms with Crippen LogP contribution in [0.3, 0.4) is 0 Å². The molecule has 2 aromatic rings. The van der Waals surface area contributed by atoms with E-state index in [1.54, 1.807) is 6.07 Å². The Bertz CT molecular complexity index is 723. The second-order valence-corrected chi connectivity index (χ2v) is 6.58. The van der Waals surface area contributed by atoms with Crippen molar-refractivity contribution in [2.45, 2.75) is 25.8 Å². The molecule has 1 fully saturated rings. The van der Waals surface area contributed by atoms with E-state index in [-0.39, 0.29) is 15.8 Å². The van der Waals surface area contributed by atoms with Gasteiger partial charge in [0.2, 0.25) is 0 Å². The minimum absolute atomic E-state index is 0.0429. The highest BCUT2D eigenvalue weighted by molar-refractivity contribution is 7.80. The molecule has 1 saturated carbocycles. The van der Waals surface area contributed by atoms with Gasteiger partial charge in [-0.25, -0.2) is 0 Å². The molecule has 100 valence electrons. The molecule has 0 amide bonds. The van der Waals surface area contributed by atoms with Gasteiger partial charge in [0.05, 0.1) is 5.39 Å². The third kappa shape index (κ3) is 2.15. The van der Waals surface area contributed by atoms with Gasteiger partial charge >= 0.3 is 4.87 Å². The first kappa shape index (κ1) is 12.9. The monoisotopic (exact) mass is 293 g/mol. The molecule has 0 unspecified atom stereocenters. The number of benzene rings is 1. The lowest BCUT2D eigenvalue weighted by Gasteiger charge is -2.40. The Morgan fingerprint density at radius 2 is 2.00 bits per heavy atom.